The van der Waals surface area contributed by atoms with Crippen molar-refractivity contribution < 1.29 is 27.1 Å². The molecule has 1 atom stereocenters. The van der Waals surface area contributed by atoms with Gasteiger partial charge in [0.25, 0.3) is 5.91 Å². The smallest absolute Gasteiger partial charge is 0.259 e. The van der Waals surface area contributed by atoms with Gasteiger partial charge >= 0.3 is 0 Å². The largest absolute Gasteiger partial charge is 0.394 e. The van der Waals surface area contributed by atoms with Gasteiger partial charge in [0.1, 0.15) is 17.5 Å². The predicted octanol–water partition coefficient (Wildman–Crippen LogP) is 2.08. The molecule has 1 amide bonds. The summed E-state index contributed by atoms with van der Waals surface area (Å²) in [4.78, 5) is 11.7. The van der Waals surface area contributed by atoms with Crippen molar-refractivity contribution in [1.29, 1.82) is 0 Å². The van der Waals surface area contributed by atoms with Crippen molar-refractivity contribution in [3.63, 3.8) is 0 Å². The highest BCUT2D eigenvalue weighted by Gasteiger charge is 2.29. The summed E-state index contributed by atoms with van der Waals surface area (Å²) in [6, 6.07) is 0. The summed E-state index contributed by atoms with van der Waals surface area (Å²) in [5.41, 5.74) is 2.21. The zero-order valence-corrected chi connectivity index (χ0v) is 10.3. The molecule has 1 saturated heterocycles. The van der Waals surface area contributed by atoms with Crippen LogP contribution >= 0.6 is 0 Å². The van der Waals surface area contributed by atoms with Crippen molar-refractivity contribution in [3.05, 3.63) is 28.8 Å². The number of nitrogen functional groups attached to an aromatic ring is 1. The third kappa shape index (κ3) is 2.55. The standard InChI is InChI=1S/C12H12F4N2O2/c13-7-6(8(14)10(16)11(17)9(7)15)12(19)18-5-3-1-2-4-20-5/h5H,1-4,17H2,(H,18,19). The highest BCUT2D eigenvalue weighted by Crippen LogP contribution is 2.26. The van der Waals surface area contributed by atoms with E-state index < -0.39 is 46.7 Å². The minimum absolute atomic E-state index is 0.389. The number of anilines is 1. The molecule has 0 saturated carbocycles. The molecule has 3 N–H and O–H groups in total. The summed E-state index contributed by atoms with van der Waals surface area (Å²) in [6.07, 6.45) is 1.29. The highest BCUT2D eigenvalue weighted by atomic mass is 19.2. The van der Waals surface area contributed by atoms with E-state index >= 15 is 0 Å². The fraction of sp³-hybridized carbons (Fsp3) is 0.417. The van der Waals surface area contributed by atoms with Crippen LogP contribution in [0.2, 0.25) is 0 Å². The molecular formula is C12H12F4N2O2. The Kier molecular flexibility index (Phi) is 4.12. The minimum atomic E-state index is -1.82. The number of rotatable bonds is 2. The number of halogens is 4. The maximum atomic E-state index is 13.5. The molecule has 1 heterocycles. The maximum Gasteiger partial charge on any atom is 0.259 e. The number of amides is 1. The van der Waals surface area contributed by atoms with Gasteiger partial charge in [-0.25, -0.2) is 17.6 Å². The van der Waals surface area contributed by atoms with E-state index in [1.807, 2.05) is 0 Å². The van der Waals surface area contributed by atoms with Crippen LogP contribution in [0.1, 0.15) is 29.6 Å². The van der Waals surface area contributed by atoms with Crippen molar-refractivity contribution in [2.45, 2.75) is 25.5 Å². The molecule has 0 radical (unpaired) electrons. The van der Waals surface area contributed by atoms with E-state index in [1.165, 1.54) is 0 Å². The fourth-order valence-electron chi connectivity index (χ4n) is 1.92. The Bertz CT molecular complexity index is 516. The van der Waals surface area contributed by atoms with E-state index in [-0.39, 0.29) is 0 Å². The molecule has 2 rings (SSSR count). The monoisotopic (exact) mass is 292 g/mol. The topological polar surface area (TPSA) is 64.4 Å². The first-order valence-corrected chi connectivity index (χ1v) is 5.97. The van der Waals surface area contributed by atoms with Crippen LogP contribution in [0, 0.1) is 23.3 Å². The molecule has 1 fully saturated rings. The van der Waals surface area contributed by atoms with E-state index in [0.717, 1.165) is 12.8 Å². The van der Waals surface area contributed by atoms with Gasteiger partial charge in [0.2, 0.25) is 0 Å². The number of nitrogens with one attached hydrogen (secondary N) is 1. The van der Waals surface area contributed by atoms with E-state index in [1.54, 1.807) is 0 Å². The van der Waals surface area contributed by atoms with Gasteiger partial charge in [-0.3, -0.25) is 4.79 Å². The predicted molar refractivity (Wildman–Crippen MR) is 61.7 cm³/mol. The fourth-order valence-corrected chi connectivity index (χ4v) is 1.92. The van der Waals surface area contributed by atoms with Crippen molar-refractivity contribution in [2.75, 3.05) is 12.3 Å². The Morgan fingerprint density at radius 2 is 1.70 bits per heavy atom. The molecule has 1 aromatic rings. The van der Waals surface area contributed by atoms with Crippen LogP contribution in [-0.4, -0.2) is 18.7 Å². The van der Waals surface area contributed by atoms with Crippen LogP contribution in [0.3, 0.4) is 0 Å². The SMILES string of the molecule is Nc1c(F)c(F)c(C(=O)NC2CCCCO2)c(F)c1F. The quantitative estimate of drug-likeness (QED) is 0.498. The van der Waals surface area contributed by atoms with Gasteiger partial charge in [0.15, 0.2) is 23.3 Å². The molecule has 4 nitrogen and oxygen atoms in total. The van der Waals surface area contributed by atoms with Gasteiger partial charge in [-0.15, -0.1) is 0 Å². The molecule has 0 aromatic heterocycles. The van der Waals surface area contributed by atoms with E-state index in [4.69, 9.17) is 10.5 Å². The lowest BCUT2D eigenvalue weighted by Crippen LogP contribution is -2.40. The van der Waals surface area contributed by atoms with Crippen molar-refractivity contribution in [2.24, 2.45) is 0 Å². The Hall–Kier alpha value is -1.83. The molecule has 110 valence electrons. The van der Waals surface area contributed by atoms with Crippen LogP contribution < -0.4 is 11.1 Å². The lowest BCUT2D eigenvalue weighted by molar-refractivity contribution is -0.00288. The number of nitrogens with two attached hydrogens (primary N) is 1. The molecule has 0 aliphatic carbocycles. The summed E-state index contributed by atoms with van der Waals surface area (Å²) in [7, 11) is 0. The first kappa shape index (κ1) is 14.6. The minimum Gasteiger partial charge on any atom is -0.394 e. The molecule has 0 spiro atoms. The maximum absolute atomic E-state index is 13.5. The van der Waals surface area contributed by atoms with Gasteiger partial charge in [0, 0.05) is 6.61 Å². The van der Waals surface area contributed by atoms with Crippen molar-refractivity contribution in [1.82, 2.24) is 5.32 Å². The van der Waals surface area contributed by atoms with Gasteiger partial charge in [-0.05, 0) is 19.3 Å². The third-order valence-electron chi connectivity index (χ3n) is 3.00. The summed E-state index contributed by atoms with van der Waals surface area (Å²) < 4.78 is 58.7. The van der Waals surface area contributed by atoms with Crippen LogP contribution in [-0.2, 0) is 4.74 Å². The number of benzene rings is 1. The second-order valence-electron chi connectivity index (χ2n) is 4.37. The summed E-state index contributed by atoms with van der Waals surface area (Å²) >= 11 is 0. The number of hydrogen-bond donors (Lipinski definition) is 2. The van der Waals surface area contributed by atoms with Gasteiger partial charge < -0.3 is 15.8 Å². The lowest BCUT2D eigenvalue weighted by Gasteiger charge is -2.23. The zero-order valence-electron chi connectivity index (χ0n) is 10.3. The average molecular weight is 292 g/mol. The summed E-state index contributed by atoms with van der Waals surface area (Å²) in [5, 5.41) is 2.18. The zero-order chi connectivity index (χ0) is 14.9. The Labute approximate surface area is 111 Å². The van der Waals surface area contributed by atoms with Crippen LogP contribution in [0.4, 0.5) is 23.2 Å². The average Bonchev–Trinajstić information content (AvgIpc) is 2.44. The Balaban J connectivity index is 2.30. The number of ether oxygens (including phenoxy) is 1. The van der Waals surface area contributed by atoms with Gasteiger partial charge in [-0.1, -0.05) is 0 Å². The molecule has 1 aliphatic heterocycles. The van der Waals surface area contributed by atoms with Crippen molar-refractivity contribution >= 4 is 11.6 Å². The van der Waals surface area contributed by atoms with E-state index in [9.17, 15) is 22.4 Å². The lowest BCUT2D eigenvalue weighted by atomic mass is 10.1. The molecule has 1 aliphatic rings. The summed E-state index contributed by atoms with van der Waals surface area (Å²) in [5.74, 6) is -8.52. The van der Waals surface area contributed by atoms with Crippen LogP contribution in [0.5, 0.6) is 0 Å². The molecule has 8 heteroatoms. The highest BCUT2D eigenvalue weighted by molar-refractivity contribution is 5.95. The second-order valence-corrected chi connectivity index (χ2v) is 4.37. The Morgan fingerprint density at radius 3 is 2.20 bits per heavy atom. The van der Waals surface area contributed by atoms with E-state index in [2.05, 4.69) is 5.32 Å². The first-order valence-electron chi connectivity index (χ1n) is 5.97. The third-order valence-corrected chi connectivity index (χ3v) is 3.00. The van der Waals surface area contributed by atoms with Crippen LogP contribution in [0.25, 0.3) is 0 Å². The van der Waals surface area contributed by atoms with Crippen LogP contribution in [0.15, 0.2) is 0 Å². The molecule has 20 heavy (non-hydrogen) atoms. The molecular weight excluding hydrogens is 280 g/mol. The first-order chi connectivity index (χ1) is 9.43. The number of carbonyl (C=O) groups is 1. The number of hydrogen-bond acceptors (Lipinski definition) is 3. The van der Waals surface area contributed by atoms with Gasteiger partial charge in [-0.2, -0.15) is 0 Å². The van der Waals surface area contributed by atoms with Gasteiger partial charge in [0.05, 0.1) is 0 Å². The Morgan fingerprint density at radius 1 is 1.10 bits per heavy atom. The molecule has 1 aromatic carbocycles. The summed E-state index contributed by atoms with van der Waals surface area (Å²) in [6.45, 7) is 0.389. The second kappa shape index (κ2) is 5.66. The van der Waals surface area contributed by atoms with E-state index in [0.29, 0.717) is 13.0 Å². The normalized spacial score (nSPS) is 18.9. The molecule has 1 unspecified atom stereocenters. The molecule has 0 bridgehead atoms. The van der Waals surface area contributed by atoms with Crippen molar-refractivity contribution in [3.8, 4) is 0 Å². The number of carbonyl (C=O) groups excluding carboxylic acids is 1.